The van der Waals surface area contributed by atoms with E-state index in [0.29, 0.717) is 28.6 Å². The van der Waals surface area contributed by atoms with Gasteiger partial charge in [-0.3, -0.25) is 0 Å². The third-order valence-corrected chi connectivity index (χ3v) is 5.31. The zero-order valence-electron chi connectivity index (χ0n) is 17.9. The first-order valence-corrected chi connectivity index (χ1v) is 10.4. The number of benzene rings is 2. The molecule has 0 aliphatic heterocycles. The van der Waals surface area contributed by atoms with Crippen LogP contribution in [-0.4, -0.2) is 11.9 Å². The molecule has 4 heteroatoms. The summed E-state index contributed by atoms with van der Waals surface area (Å²) in [5, 5.41) is 0. The molecular formula is C26H28O4. The number of ether oxygens (including phenoxy) is 2. The highest BCUT2D eigenvalue weighted by molar-refractivity contribution is 5.91. The van der Waals surface area contributed by atoms with Crippen LogP contribution in [0.15, 0.2) is 83.8 Å². The third-order valence-electron chi connectivity index (χ3n) is 5.31. The topological polar surface area (TPSA) is 52.6 Å². The predicted octanol–water partition coefficient (Wildman–Crippen LogP) is 6.17. The first kappa shape index (κ1) is 21.6. The van der Waals surface area contributed by atoms with Crippen molar-refractivity contribution in [1.82, 2.24) is 0 Å². The van der Waals surface area contributed by atoms with E-state index < -0.39 is 11.9 Å². The molecule has 0 radical (unpaired) electrons. The summed E-state index contributed by atoms with van der Waals surface area (Å²) in [5.74, 6) is 0.442. The SMILES string of the molecule is CC(C)C1=C(OC(=O)c2ccccc2)C(OC(=O)c2ccccc2)=CC(C(C)C)C1. The number of allylic oxidation sites excluding steroid dienone is 2. The van der Waals surface area contributed by atoms with E-state index in [-0.39, 0.29) is 11.8 Å². The molecule has 4 nitrogen and oxygen atoms in total. The number of carbonyl (C=O) groups excluding carboxylic acids is 2. The van der Waals surface area contributed by atoms with E-state index in [9.17, 15) is 9.59 Å². The molecule has 0 fully saturated rings. The van der Waals surface area contributed by atoms with Gasteiger partial charge in [0.25, 0.3) is 0 Å². The van der Waals surface area contributed by atoms with E-state index in [1.807, 2.05) is 18.2 Å². The molecule has 0 aromatic heterocycles. The molecule has 0 saturated heterocycles. The highest BCUT2D eigenvalue weighted by Gasteiger charge is 2.31. The van der Waals surface area contributed by atoms with Crippen molar-refractivity contribution in [3.8, 4) is 0 Å². The molecule has 156 valence electrons. The lowest BCUT2D eigenvalue weighted by molar-refractivity contribution is 0.0501. The smallest absolute Gasteiger partial charge is 0.343 e. The maximum absolute atomic E-state index is 12.8. The van der Waals surface area contributed by atoms with E-state index in [4.69, 9.17) is 9.47 Å². The quantitative estimate of drug-likeness (QED) is 0.540. The summed E-state index contributed by atoms with van der Waals surface area (Å²) < 4.78 is 11.6. The second-order valence-electron chi connectivity index (χ2n) is 8.16. The summed E-state index contributed by atoms with van der Waals surface area (Å²) >= 11 is 0. The summed E-state index contributed by atoms with van der Waals surface area (Å²) in [6.45, 7) is 8.39. The Kier molecular flexibility index (Phi) is 6.88. The minimum atomic E-state index is -0.470. The lowest BCUT2D eigenvalue weighted by Crippen LogP contribution is -2.22. The molecule has 3 rings (SSSR count). The zero-order chi connectivity index (χ0) is 21.7. The second-order valence-corrected chi connectivity index (χ2v) is 8.16. The fourth-order valence-electron chi connectivity index (χ4n) is 3.42. The minimum absolute atomic E-state index is 0.143. The number of rotatable bonds is 6. The summed E-state index contributed by atoms with van der Waals surface area (Å²) in [6.07, 6.45) is 2.68. The highest BCUT2D eigenvalue weighted by atomic mass is 16.6. The van der Waals surface area contributed by atoms with Crippen molar-refractivity contribution in [1.29, 1.82) is 0 Å². The molecule has 1 aliphatic rings. The number of hydrogen-bond donors (Lipinski definition) is 0. The van der Waals surface area contributed by atoms with Crippen molar-refractivity contribution in [3.05, 3.63) is 95.0 Å². The van der Waals surface area contributed by atoms with Crippen LogP contribution >= 0.6 is 0 Å². The van der Waals surface area contributed by atoms with Crippen LogP contribution in [0.25, 0.3) is 0 Å². The lowest BCUT2D eigenvalue weighted by atomic mass is 9.81. The average molecular weight is 405 g/mol. The van der Waals surface area contributed by atoms with E-state index in [2.05, 4.69) is 27.7 Å². The average Bonchev–Trinajstić information content (AvgIpc) is 2.75. The number of hydrogen-bond acceptors (Lipinski definition) is 4. The maximum atomic E-state index is 12.8. The van der Waals surface area contributed by atoms with Gasteiger partial charge >= 0.3 is 11.9 Å². The molecule has 1 atom stereocenters. The molecule has 0 spiro atoms. The Balaban J connectivity index is 1.96. The van der Waals surface area contributed by atoms with Gasteiger partial charge in [-0.2, -0.15) is 0 Å². The Labute approximate surface area is 178 Å². The monoisotopic (exact) mass is 404 g/mol. The van der Waals surface area contributed by atoms with Gasteiger partial charge in [-0.05, 0) is 60.1 Å². The van der Waals surface area contributed by atoms with Crippen LogP contribution in [0.2, 0.25) is 0 Å². The molecule has 0 saturated carbocycles. The normalized spacial score (nSPS) is 16.5. The van der Waals surface area contributed by atoms with Gasteiger partial charge in [-0.15, -0.1) is 0 Å². The van der Waals surface area contributed by atoms with Gasteiger partial charge in [-0.25, -0.2) is 9.59 Å². The van der Waals surface area contributed by atoms with Crippen LogP contribution in [0.1, 0.15) is 54.8 Å². The maximum Gasteiger partial charge on any atom is 0.343 e. The first-order valence-electron chi connectivity index (χ1n) is 10.4. The molecule has 2 aromatic carbocycles. The van der Waals surface area contributed by atoms with E-state index in [1.54, 1.807) is 48.5 Å². The lowest BCUT2D eigenvalue weighted by Gasteiger charge is -2.29. The standard InChI is InChI=1S/C26H28O4/c1-17(2)21-15-22(18(3)4)24(30-26(28)20-13-9-6-10-14-20)23(16-21)29-25(27)19-11-7-5-8-12-19/h5-14,16-18,21H,15H2,1-4H3. The van der Waals surface area contributed by atoms with Gasteiger partial charge in [0.2, 0.25) is 0 Å². The fraction of sp³-hybridized carbons (Fsp3) is 0.308. The Morgan fingerprint density at radius 1 is 0.800 bits per heavy atom. The minimum Gasteiger partial charge on any atom is -0.419 e. The van der Waals surface area contributed by atoms with Gasteiger partial charge < -0.3 is 9.47 Å². The van der Waals surface area contributed by atoms with E-state index >= 15 is 0 Å². The van der Waals surface area contributed by atoms with Crippen LogP contribution in [0.5, 0.6) is 0 Å². The second kappa shape index (κ2) is 9.57. The van der Waals surface area contributed by atoms with Gasteiger partial charge in [0.05, 0.1) is 11.1 Å². The molecule has 0 N–H and O–H groups in total. The molecular weight excluding hydrogens is 376 g/mol. The largest absolute Gasteiger partial charge is 0.419 e. The van der Waals surface area contributed by atoms with Crippen molar-refractivity contribution < 1.29 is 19.1 Å². The first-order chi connectivity index (χ1) is 14.4. The van der Waals surface area contributed by atoms with Crippen molar-refractivity contribution in [3.63, 3.8) is 0 Å². The zero-order valence-corrected chi connectivity index (χ0v) is 17.9. The molecule has 0 amide bonds. The summed E-state index contributed by atoms with van der Waals surface area (Å²) in [6, 6.07) is 17.7. The van der Waals surface area contributed by atoms with Gasteiger partial charge in [-0.1, -0.05) is 64.1 Å². The van der Waals surface area contributed by atoms with Crippen molar-refractivity contribution in [2.45, 2.75) is 34.1 Å². The molecule has 2 aromatic rings. The van der Waals surface area contributed by atoms with Gasteiger partial charge in [0, 0.05) is 0 Å². The fourth-order valence-corrected chi connectivity index (χ4v) is 3.42. The summed E-state index contributed by atoms with van der Waals surface area (Å²) in [4.78, 5) is 25.5. The van der Waals surface area contributed by atoms with Crippen molar-refractivity contribution >= 4 is 11.9 Å². The Morgan fingerprint density at radius 2 is 1.30 bits per heavy atom. The van der Waals surface area contributed by atoms with Gasteiger partial charge in [0.1, 0.15) is 0 Å². The van der Waals surface area contributed by atoms with Crippen LogP contribution in [0.4, 0.5) is 0 Å². The molecule has 1 unspecified atom stereocenters. The van der Waals surface area contributed by atoms with Crippen molar-refractivity contribution in [2.24, 2.45) is 17.8 Å². The molecule has 0 heterocycles. The Bertz CT molecular complexity index is 953. The predicted molar refractivity (Wildman–Crippen MR) is 117 cm³/mol. The number of esters is 2. The van der Waals surface area contributed by atoms with Crippen LogP contribution in [0.3, 0.4) is 0 Å². The van der Waals surface area contributed by atoms with Crippen molar-refractivity contribution in [2.75, 3.05) is 0 Å². The number of carbonyl (C=O) groups is 2. The molecule has 30 heavy (non-hydrogen) atoms. The summed E-state index contributed by atoms with van der Waals surface area (Å²) in [7, 11) is 0. The molecule has 1 aliphatic carbocycles. The van der Waals surface area contributed by atoms with Crippen LogP contribution < -0.4 is 0 Å². The van der Waals surface area contributed by atoms with E-state index in [1.165, 1.54) is 0 Å². The third kappa shape index (κ3) is 5.07. The molecule has 0 bridgehead atoms. The highest BCUT2D eigenvalue weighted by Crippen LogP contribution is 2.38. The Morgan fingerprint density at radius 3 is 1.77 bits per heavy atom. The van der Waals surface area contributed by atoms with Crippen LogP contribution in [0, 0.1) is 17.8 Å². The van der Waals surface area contributed by atoms with Crippen LogP contribution in [-0.2, 0) is 9.47 Å². The summed E-state index contributed by atoms with van der Waals surface area (Å²) in [5.41, 5.74) is 1.88. The van der Waals surface area contributed by atoms with E-state index in [0.717, 1.165) is 12.0 Å². The van der Waals surface area contributed by atoms with Gasteiger partial charge in [0.15, 0.2) is 11.5 Å². The Hall–Kier alpha value is -3.14.